The maximum atomic E-state index is 11.3. The van der Waals surface area contributed by atoms with E-state index in [1.54, 1.807) is 13.0 Å². The van der Waals surface area contributed by atoms with Gasteiger partial charge in [0.15, 0.2) is 6.29 Å². The minimum atomic E-state index is -0.632. The normalized spacial score (nSPS) is 22.6. The van der Waals surface area contributed by atoms with E-state index in [9.17, 15) is 9.90 Å². The summed E-state index contributed by atoms with van der Waals surface area (Å²) >= 11 is 0. The van der Waals surface area contributed by atoms with Crippen molar-refractivity contribution < 1.29 is 24.1 Å². The van der Waals surface area contributed by atoms with Gasteiger partial charge < -0.3 is 19.3 Å². The highest BCUT2D eigenvalue weighted by Gasteiger charge is 2.31. The molecule has 0 saturated carbocycles. The fraction of sp³-hybridized carbons (Fsp3) is 0.769. The number of aliphatic hydroxyl groups excluding tert-OH is 1. The fourth-order valence-corrected chi connectivity index (χ4v) is 2.04. The Morgan fingerprint density at radius 2 is 1.94 bits per heavy atom. The molecule has 18 heavy (non-hydrogen) atoms. The largest absolute Gasteiger partial charge is 0.466 e. The first kappa shape index (κ1) is 15.1. The average molecular weight is 258 g/mol. The number of hydrogen-bond donors (Lipinski definition) is 1. The van der Waals surface area contributed by atoms with Crippen LogP contribution in [0.3, 0.4) is 0 Å². The number of ether oxygens (including phenoxy) is 3. The summed E-state index contributed by atoms with van der Waals surface area (Å²) in [4.78, 5) is 11.3. The highest BCUT2D eigenvalue weighted by molar-refractivity contribution is 5.87. The standard InChI is InChI=1S/C13H22O5/c1-8(7-9(2)12(15)16-4)11(14)10(3)13-17-5-6-18-13/h7-8,10-11,13-14H,5-6H2,1-4H3/b9-7+/t8-,10+,11+/m0/s1. The SMILES string of the molecule is COC(=O)/C(C)=C/[C@H](C)[C@@H](O)[C@@H](C)C1OCCO1. The molecule has 104 valence electrons. The minimum absolute atomic E-state index is 0.149. The van der Waals surface area contributed by atoms with Crippen molar-refractivity contribution in [2.75, 3.05) is 20.3 Å². The summed E-state index contributed by atoms with van der Waals surface area (Å²) in [6.07, 6.45) is 0.712. The van der Waals surface area contributed by atoms with E-state index in [1.807, 2.05) is 13.8 Å². The second-order valence-electron chi connectivity index (χ2n) is 4.66. The Kier molecular flexibility index (Phi) is 5.78. The number of methoxy groups -OCH3 is 1. The number of carbonyl (C=O) groups excluding carboxylic acids is 1. The monoisotopic (exact) mass is 258 g/mol. The quantitative estimate of drug-likeness (QED) is 0.591. The van der Waals surface area contributed by atoms with Gasteiger partial charge in [0.05, 0.1) is 26.4 Å². The molecular weight excluding hydrogens is 236 g/mol. The van der Waals surface area contributed by atoms with Crippen molar-refractivity contribution in [2.45, 2.75) is 33.2 Å². The van der Waals surface area contributed by atoms with E-state index in [-0.39, 0.29) is 24.1 Å². The Balaban J connectivity index is 2.59. The predicted octanol–water partition coefficient (Wildman–Crippen LogP) is 1.11. The molecule has 0 unspecified atom stereocenters. The van der Waals surface area contributed by atoms with Crippen molar-refractivity contribution in [3.63, 3.8) is 0 Å². The molecule has 0 aliphatic carbocycles. The Hall–Kier alpha value is -0.910. The minimum Gasteiger partial charge on any atom is -0.466 e. The molecule has 1 aliphatic rings. The predicted molar refractivity (Wildman–Crippen MR) is 65.8 cm³/mol. The fourth-order valence-electron chi connectivity index (χ4n) is 2.04. The maximum Gasteiger partial charge on any atom is 0.333 e. The zero-order chi connectivity index (χ0) is 13.7. The summed E-state index contributed by atoms with van der Waals surface area (Å²) < 4.78 is 15.3. The molecule has 1 saturated heterocycles. The van der Waals surface area contributed by atoms with Crippen molar-refractivity contribution in [1.29, 1.82) is 0 Å². The third kappa shape index (κ3) is 3.80. The lowest BCUT2D eigenvalue weighted by atomic mass is 9.91. The van der Waals surface area contributed by atoms with Gasteiger partial charge in [-0.2, -0.15) is 0 Å². The van der Waals surface area contributed by atoms with Crippen molar-refractivity contribution in [1.82, 2.24) is 0 Å². The number of carbonyl (C=O) groups is 1. The molecule has 1 N–H and O–H groups in total. The van der Waals surface area contributed by atoms with E-state index in [1.165, 1.54) is 7.11 Å². The van der Waals surface area contributed by atoms with Crippen LogP contribution in [0.15, 0.2) is 11.6 Å². The van der Waals surface area contributed by atoms with Gasteiger partial charge in [0.25, 0.3) is 0 Å². The second-order valence-corrected chi connectivity index (χ2v) is 4.66. The Morgan fingerprint density at radius 1 is 1.39 bits per heavy atom. The van der Waals surface area contributed by atoms with E-state index >= 15 is 0 Å². The lowest BCUT2D eigenvalue weighted by molar-refractivity contribution is -0.136. The Labute approximate surface area is 108 Å². The van der Waals surface area contributed by atoms with E-state index in [0.717, 1.165) is 0 Å². The molecule has 0 aromatic carbocycles. The van der Waals surface area contributed by atoms with Crippen LogP contribution >= 0.6 is 0 Å². The van der Waals surface area contributed by atoms with Gasteiger partial charge in [-0.1, -0.05) is 19.9 Å². The van der Waals surface area contributed by atoms with E-state index in [4.69, 9.17) is 9.47 Å². The van der Waals surface area contributed by atoms with Crippen LogP contribution in [0.2, 0.25) is 0 Å². The van der Waals surface area contributed by atoms with Crippen molar-refractivity contribution >= 4 is 5.97 Å². The van der Waals surface area contributed by atoms with Gasteiger partial charge in [-0.25, -0.2) is 4.79 Å². The first-order valence-electron chi connectivity index (χ1n) is 6.15. The molecule has 0 aromatic heterocycles. The highest BCUT2D eigenvalue weighted by Crippen LogP contribution is 2.23. The molecule has 1 fully saturated rings. The lowest BCUT2D eigenvalue weighted by Gasteiger charge is -2.26. The molecular formula is C13H22O5. The van der Waals surface area contributed by atoms with Crippen LogP contribution in [0.5, 0.6) is 0 Å². The first-order valence-corrected chi connectivity index (χ1v) is 6.15. The van der Waals surface area contributed by atoms with E-state index in [0.29, 0.717) is 18.8 Å². The smallest absolute Gasteiger partial charge is 0.333 e. The van der Waals surface area contributed by atoms with Gasteiger partial charge in [-0.15, -0.1) is 0 Å². The maximum absolute atomic E-state index is 11.3. The van der Waals surface area contributed by atoms with Gasteiger partial charge >= 0.3 is 5.97 Å². The van der Waals surface area contributed by atoms with E-state index < -0.39 is 6.10 Å². The van der Waals surface area contributed by atoms with Crippen LogP contribution in [-0.2, 0) is 19.0 Å². The van der Waals surface area contributed by atoms with Crippen LogP contribution in [0.25, 0.3) is 0 Å². The van der Waals surface area contributed by atoms with Gasteiger partial charge in [0.1, 0.15) is 0 Å². The Bertz CT molecular complexity index is 307. The third-order valence-electron chi connectivity index (χ3n) is 3.17. The summed E-state index contributed by atoms with van der Waals surface area (Å²) in [7, 11) is 1.34. The molecule has 0 amide bonds. The van der Waals surface area contributed by atoms with Crippen LogP contribution in [-0.4, -0.2) is 43.8 Å². The van der Waals surface area contributed by atoms with Crippen molar-refractivity contribution in [3.8, 4) is 0 Å². The lowest BCUT2D eigenvalue weighted by Crippen LogP contribution is -2.34. The summed E-state index contributed by atoms with van der Waals surface area (Å²) in [5, 5.41) is 10.2. The molecule has 1 heterocycles. The summed E-state index contributed by atoms with van der Waals surface area (Å²) in [5.41, 5.74) is 0.490. The summed E-state index contributed by atoms with van der Waals surface area (Å²) in [6.45, 7) is 6.52. The van der Waals surface area contributed by atoms with Crippen molar-refractivity contribution in [3.05, 3.63) is 11.6 Å². The summed E-state index contributed by atoms with van der Waals surface area (Å²) in [5.74, 6) is -0.703. The zero-order valence-corrected chi connectivity index (χ0v) is 11.4. The molecule has 0 spiro atoms. The molecule has 5 heteroatoms. The van der Waals surface area contributed by atoms with Gasteiger partial charge in [-0.3, -0.25) is 0 Å². The number of rotatable bonds is 5. The van der Waals surface area contributed by atoms with E-state index in [2.05, 4.69) is 4.74 Å². The summed E-state index contributed by atoms with van der Waals surface area (Å²) in [6, 6.07) is 0. The van der Waals surface area contributed by atoms with Crippen LogP contribution < -0.4 is 0 Å². The first-order chi connectivity index (χ1) is 8.47. The molecule has 3 atom stereocenters. The number of hydrogen-bond acceptors (Lipinski definition) is 5. The molecule has 0 aromatic rings. The average Bonchev–Trinajstić information content (AvgIpc) is 2.89. The Morgan fingerprint density at radius 3 is 2.44 bits per heavy atom. The van der Waals surface area contributed by atoms with Gasteiger partial charge in [0.2, 0.25) is 0 Å². The topological polar surface area (TPSA) is 65.0 Å². The van der Waals surface area contributed by atoms with Gasteiger partial charge in [-0.05, 0) is 6.92 Å². The molecule has 1 rings (SSSR count). The molecule has 0 radical (unpaired) electrons. The molecule has 5 nitrogen and oxygen atoms in total. The zero-order valence-electron chi connectivity index (χ0n) is 11.4. The van der Waals surface area contributed by atoms with Crippen LogP contribution in [0.1, 0.15) is 20.8 Å². The third-order valence-corrected chi connectivity index (χ3v) is 3.17. The van der Waals surface area contributed by atoms with Gasteiger partial charge in [0, 0.05) is 17.4 Å². The number of esters is 1. The van der Waals surface area contributed by atoms with Crippen LogP contribution in [0.4, 0.5) is 0 Å². The molecule has 1 aliphatic heterocycles. The molecule has 0 bridgehead atoms. The highest BCUT2D eigenvalue weighted by atomic mass is 16.7. The van der Waals surface area contributed by atoms with Crippen molar-refractivity contribution in [2.24, 2.45) is 11.8 Å². The number of aliphatic hydroxyl groups is 1. The second kappa shape index (κ2) is 6.87. The van der Waals surface area contributed by atoms with Crippen LogP contribution in [0, 0.1) is 11.8 Å².